The van der Waals surface area contributed by atoms with Gasteiger partial charge in [-0.25, -0.2) is 14.0 Å². The van der Waals surface area contributed by atoms with Crippen LogP contribution < -0.4 is 10.1 Å². The van der Waals surface area contributed by atoms with Gasteiger partial charge in [-0.2, -0.15) is 13.2 Å². The van der Waals surface area contributed by atoms with E-state index in [0.717, 1.165) is 24.3 Å². The highest BCUT2D eigenvalue weighted by Gasteiger charge is 2.35. The highest BCUT2D eigenvalue weighted by Crippen LogP contribution is 2.36. The molecule has 0 aromatic heterocycles. The van der Waals surface area contributed by atoms with Gasteiger partial charge in [0, 0.05) is 5.56 Å². The number of ether oxygens (including phenoxy) is 2. The zero-order valence-electron chi connectivity index (χ0n) is 17.0. The van der Waals surface area contributed by atoms with Crippen LogP contribution in [0.1, 0.15) is 36.7 Å². The van der Waals surface area contributed by atoms with Crippen LogP contribution in [0.2, 0.25) is 0 Å². The normalized spacial score (nSPS) is 11.7. The van der Waals surface area contributed by atoms with Gasteiger partial charge < -0.3 is 19.9 Å². The number of benzene rings is 2. The van der Waals surface area contributed by atoms with E-state index in [0.29, 0.717) is 6.07 Å². The fraction of sp³-hybridized carbons (Fsp3) is 0.333. The fourth-order valence-electron chi connectivity index (χ4n) is 2.57. The van der Waals surface area contributed by atoms with E-state index in [2.05, 4.69) is 5.32 Å². The van der Waals surface area contributed by atoms with Gasteiger partial charge in [0.2, 0.25) is 0 Å². The molecule has 2 aromatic carbocycles. The molecule has 0 fully saturated rings. The highest BCUT2D eigenvalue weighted by atomic mass is 19.4. The van der Waals surface area contributed by atoms with Gasteiger partial charge >= 0.3 is 18.2 Å². The van der Waals surface area contributed by atoms with Gasteiger partial charge in [0.15, 0.2) is 0 Å². The summed E-state index contributed by atoms with van der Waals surface area (Å²) in [5.41, 5.74) is -2.97. The Morgan fingerprint density at radius 2 is 1.77 bits per heavy atom. The molecule has 168 valence electrons. The number of aromatic carboxylic acids is 1. The summed E-state index contributed by atoms with van der Waals surface area (Å²) < 4.78 is 63.9. The molecule has 1 amide bonds. The lowest BCUT2D eigenvalue weighted by Gasteiger charge is -2.19. The first-order valence-electron chi connectivity index (χ1n) is 9.12. The first kappa shape index (κ1) is 24.0. The lowest BCUT2D eigenvalue weighted by atomic mass is 9.99. The molecule has 2 rings (SSSR count). The summed E-state index contributed by atoms with van der Waals surface area (Å²) in [7, 11) is 0. The van der Waals surface area contributed by atoms with Crippen LogP contribution in [-0.4, -0.2) is 35.9 Å². The van der Waals surface area contributed by atoms with E-state index < -0.39 is 40.8 Å². The molecule has 10 heteroatoms. The molecule has 2 N–H and O–H groups in total. The van der Waals surface area contributed by atoms with Crippen LogP contribution in [-0.2, 0) is 10.9 Å². The van der Waals surface area contributed by atoms with Crippen LogP contribution in [0.5, 0.6) is 5.75 Å². The number of carbonyl (C=O) groups is 2. The van der Waals surface area contributed by atoms with Gasteiger partial charge in [-0.1, -0.05) is 12.1 Å². The van der Waals surface area contributed by atoms with Crippen LogP contribution in [0, 0.1) is 5.82 Å². The molecule has 0 aliphatic heterocycles. The van der Waals surface area contributed by atoms with Crippen molar-refractivity contribution in [3.8, 4) is 16.9 Å². The molecular weight excluding hydrogens is 422 g/mol. The van der Waals surface area contributed by atoms with Gasteiger partial charge in [-0.05, 0) is 50.6 Å². The maximum atomic E-state index is 14.5. The number of carboxylic acid groups (broad SMARTS) is 1. The second kappa shape index (κ2) is 9.23. The maximum Gasteiger partial charge on any atom is 0.419 e. The Balaban J connectivity index is 2.23. The summed E-state index contributed by atoms with van der Waals surface area (Å²) in [5, 5.41) is 11.7. The third-order valence-corrected chi connectivity index (χ3v) is 3.81. The number of hydrogen-bond donors (Lipinski definition) is 2. The average molecular weight is 443 g/mol. The Kier molecular flexibility index (Phi) is 7.14. The lowest BCUT2D eigenvalue weighted by Crippen LogP contribution is -2.34. The Hall–Kier alpha value is -3.30. The predicted molar refractivity (Wildman–Crippen MR) is 104 cm³/mol. The molecule has 0 aliphatic rings. The van der Waals surface area contributed by atoms with Gasteiger partial charge in [0.1, 0.15) is 23.8 Å². The SMILES string of the molecule is CC(C)(C)OC(=O)NCCOc1cc(C(=O)O)cc(-c2cccc(C(F)(F)F)c2F)c1. The summed E-state index contributed by atoms with van der Waals surface area (Å²) in [6.07, 6.45) is -5.58. The van der Waals surface area contributed by atoms with E-state index in [1.54, 1.807) is 20.8 Å². The van der Waals surface area contributed by atoms with Crippen molar-refractivity contribution in [3.05, 3.63) is 53.3 Å². The summed E-state index contributed by atoms with van der Waals surface area (Å²) in [6.45, 7) is 4.99. The molecule has 0 radical (unpaired) electrons. The van der Waals surface area contributed by atoms with Crippen LogP contribution in [0.25, 0.3) is 11.1 Å². The zero-order valence-corrected chi connectivity index (χ0v) is 17.0. The molecular formula is C21H21F4NO5. The quantitative estimate of drug-likeness (QED) is 0.479. The van der Waals surface area contributed by atoms with Crippen LogP contribution >= 0.6 is 0 Å². The number of hydrogen-bond acceptors (Lipinski definition) is 4. The number of halogens is 4. The minimum Gasteiger partial charge on any atom is -0.492 e. The Bertz CT molecular complexity index is 967. The first-order valence-corrected chi connectivity index (χ1v) is 9.12. The summed E-state index contributed by atoms with van der Waals surface area (Å²) in [5.74, 6) is -2.90. The number of alkyl halides is 3. The van der Waals surface area contributed by atoms with E-state index in [1.807, 2.05) is 0 Å². The van der Waals surface area contributed by atoms with Crippen molar-refractivity contribution >= 4 is 12.1 Å². The second-order valence-electron chi connectivity index (χ2n) is 7.49. The molecule has 0 aliphatic carbocycles. The lowest BCUT2D eigenvalue weighted by molar-refractivity contribution is -0.139. The molecule has 0 heterocycles. The molecule has 6 nitrogen and oxygen atoms in total. The minimum atomic E-state index is -4.91. The van der Waals surface area contributed by atoms with Gasteiger partial charge in [0.25, 0.3) is 0 Å². The number of alkyl carbamates (subject to hydrolysis) is 1. The second-order valence-corrected chi connectivity index (χ2v) is 7.49. The largest absolute Gasteiger partial charge is 0.492 e. The maximum absolute atomic E-state index is 14.5. The Morgan fingerprint density at radius 3 is 2.35 bits per heavy atom. The van der Waals surface area contributed by atoms with Gasteiger partial charge in [-0.3, -0.25) is 0 Å². The number of carbonyl (C=O) groups excluding carboxylic acids is 1. The molecule has 0 atom stereocenters. The van der Waals surface area contributed by atoms with Crippen molar-refractivity contribution in [1.29, 1.82) is 0 Å². The number of rotatable bonds is 6. The summed E-state index contributed by atoms with van der Waals surface area (Å²) in [4.78, 5) is 23.0. The first-order chi connectivity index (χ1) is 14.3. The third kappa shape index (κ3) is 6.87. The molecule has 0 unspecified atom stereocenters. The van der Waals surface area contributed by atoms with E-state index >= 15 is 0 Å². The minimum absolute atomic E-state index is 0.0134. The third-order valence-electron chi connectivity index (χ3n) is 3.81. The number of carboxylic acids is 1. The van der Waals surface area contributed by atoms with Crippen molar-refractivity contribution in [1.82, 2.24) is 5.32 Å². The fourth-order valence-corrected chi connectivity index (χ4v) is 2.57. The molecule has 2 aromatic rings. The van der Waals surface area contributed by atoms with E-state index in [9.17, 15) is 32.3 Å². The summed E-state index contributed by atoms with van der Waals surface area (Å²) >= 11 is 0. The van der Waals surface area contributed by atoms with Crippen molar-refractivity contribution in [2.24, 2.45) is 0 Å². The van der Waals surface area contributed by atoms with Crippen molar-refractivity contribution in [3.63, 3.8) is 0 Å². The van der Waals surface area contributed by atoms with Gasteiger partial charge in [-0.15, -0.1) is 0 Å². The average Bonchev–Trinajstić information content (AvgIpc) is 2.62. The van der Waals surface area contributed by atoms with Crippen molar-refractivity contribution < 1.29 is 41.7 Å². The monoisotopic (exact) mass is 443 g/mol. The molecule has 0 saturated carbocycles. The van der Waals surface area contributed by atoms with Crippen molar-refractivity contribution in [2.75, 3.05) is 13.2 Å². The molecule has 0 bridgehead atoms. The number of amides is 1. The predicted octanol–water partition coefficient (Wildman–Crippen LogP) is 5.11. The topological polar surface area (TPSA) is 84.9 Å². The van der Waals surface area contributed by atoms with E-state index in [-0.39, 0.29) is 30.0 Å². The van der Waals surface area contributed by atoms with Gasteiger partial charge in [0.05, 0.1) is 17.7 Å². The zero-order chi connectivity index (χ0) is 23.4. The molecule has 31 heavy (non-hydrogen) atoms. The molecule has 0 spiro atoms. The number of nitrogens with one attached hydrogen (secondary N) is 1. The smallest absolute Gasteiger partial charge is 0.419 e. The van der Waals surface area contributed by atoms with Crippen molar-refractivity contribution in [2.45, 2.75) is 32.5 Å². The van der Waals surface area contributed by atoms with Crippen LogP contribution in [0.3, 0.4) is 0 Å². The van der Waals surface area contributed by atoms with E-state index in [4.69, 9.17) is 9.47 Å². The van der Waals surface area contributed by atoms with E-state index in [1.165, 1.54) is 6.07 Å². The van der Waals surface area contributed by atoms with Crippen LogP contribution in [0.15, 0.2) is 36.4 Å². The summed E-state index contributed by atoms with van der Waals surface area (Å²) in [6, 6.07) is 6.15. The Labute approximate surface area is 175 Å². The Morgan fingerprint density at radius 1 is 1.10 bits per heavy atom. The molecule has 0 saturated heterocycles. The van der Waals surface area contributed by atoms with Crippen LogP contribution in [0.4, 0.5) is 22.4 Å². The standard InChI is InChI=1S/C21H21F4NO5/c1-20(2,3)31-19(29)26-7-8-30-14-10-12(9-13(11-14)18(27)28)15-5-4-6-16(17(15)22)21(23,24)25/h4-6,9-11H,7-8H2,1-3H3,(H,26,29)(H,27,28). The highest BCUT2D eigenvalue weighted by molar-refractivity contribution is 5.90.